The number of esters is 1. The predicted octanol–water partition coefficient (Wildman–Crippen LogP) is 9.61. The number of carbonyl (C=O) groups excluding carboxylic acids is 1. The molecule has 4 aromatic carbocycles. The summed E-state index contributed by atoms with van der Waals surface area (Å²) in [5, 5.41) is 0. The number of carbonyl (C=O) groups is 1. The number of ether oxygens (including phenoxy) is 1. The molecule has 4 aromatic rings. The SMILES string of the molecule is CC(=O)Oc1cccc(C2=CC3=CC4=NC(=C(c5ccccc5)C5=NC(=C(c6ccccc6)C6=NC(=C(c7ccccc7)C2=N3)C=C6)C=C5)C=C4)c1. The van der Waals surface area contributed by atoms with Crippen molar-refractivity contribution in [3.63, 3.8) is 0 Å². The molecule has 0 saturated carbocycles. The van der Waals surface area contributed by atoms with Crippen LogP contribution in [0.2, 0.25) is 0 Å². The van der Waals surface area contributed by atoms with Gasteiger partial charge in [0, 0.05) is 29.2 Å². The van der Waals surface area contributed by atoms with Gasteiger partial charge in [-0.1, -0.05) is 103 Å². The molecule has 8 bridgehead atoms. The van der Waals surface area contributed by atoms with Gasteiger partial charge in [-0.15, -0.1) is 0 Å². The highest BCUT2D eigenvalue weighted by Gasteiger charge is 2.28. The first kappa shape index (κ1) is 31.0. The summed E-state index contributed by atoms with van der Waals surface area (Å²) in [6, 6.07) is 38.3. The van der Waals surface area contributed by atoms with Gasteiger partial charge in [0.2, 0.25) is 0 Å². The second kappa shape index (κ2) is 13.0. The topological polar surface area (TPSA) is 75.7 Å². The lowest BCUT2D eigenvalue weighted by molar-refractivity contribution is -0.131. The highest BCUT2D eigenvalue weighted by Crippen LogP contribution is 2.40. The van der Waals surface area contributed by atoms with Gasteiger partial charge in [-0.25, -0.2) is 20.0 Å². The third kappa shape index (κ3) is 5.82. The highest BCUT2D eigenvalue weighted by molar-refractivity contribution is 6.48. The first-order valence-corrected chi connectivity index (χ1v) is 17.1. The van der Waals surface area contributed by atoms with E-state index in [4.69, 9.17) is 24.7 Å². The Morgan fingerprint density at radius 3 is 1.62 bits per heavy atom. The zero-order valence-corrected chi connectivity index (χ0v) is 28.2. The van der Waals surface area contributed by atoms with Gasteiger partial charge in [-0.05, 0) is 83.0 Å². The fourth-order valence-electron chi connectivity index (χ4n) is 6.92. The predicted molar refractivity (Wildman–Crippen MR) is 211 cm³/mol. The lowest BCUT2D eigenvalue weighted by Crippen LogP contribution is -2.06. The van der Waals surface area contributed by atoms with Crippen LogP contribution in [-0.4, -0.2) is 28.8 Å². The van der Waals surface area contributed by atoms with Crippen molar-refractivity contribution in [3.8, 4) is 5.75 Å². The molecule has 5 heterocycles. The Labute approximate surface area is 301 Å². The fraction of sp³-hybridized carbons (Fsp3) is 0.0217. The Morgan fingerprint density at radius 1 is 0.500 bits per heavy atom. The first-order chi connectivity index (χ1) is 25.6. The van der Waals surface area contributed by atoms with E-state index in [0.717, 1.165) is 90.2 Å². The standard InChI is InChI=1S/C46H30N4O2/c1-29(51)52-36-19-11-18-33(26-36)37-28-35-27-34-20-21-38(47-34)43(30-12-5-2-6-13-30)39-22-23-40(49-39)44(31-14-7-3-8-15-31)41-24-25-42(50-41)45(46(37)48-35)32-16-9-4-10-17-32/h2-28H,1H3. The maximum Gasteiger partial charge on any atom is 0.308 e. The van der Waals surface area contributed by atoms with Crippen molar-refractivity contribution >= 4 is 51.1 Å². The second-order valence-electron chi connectivity index (χ2n) is 12.6. The molecule has 6 heteroatoms. The monoisotopic (exact) mass is 670 g/mol. The van der Waals surface area contributed by atoms with Crippen LogP contribution in [0.25, 0.3) is 22.3 Å². The quantitative estimate of drug-likeness (QED) is 0.157. The first-order valence-electron chi connectivity index (χ1n) is 17.1. The van der Waals surface area contributed by atoms with Gasteiger partial charge in [0.1, 0.15) is 5.75 Å². The molecule has 0 atom stereocenters. The summed E-state index contributed by atoms with van der Waals surface area (Å²) in [6.07, 6.45) is 16.4. The summed E-state index contributed by atoms with van der Waals surface area (Å²) in [5.74, 6) is 0.0850. The van der Waals surface area contributed by atoms with E-state index < -0.39 is 0 Å². The molecule has 0 spiro atoms. The van der Waals surface area contributed by atoms with Gasteiger partial charge in [0.25, 0.3) is 0 Å². The number of allylic oxidation sites excluding steroid dienone is 12. The molecule has 0 fully saturated rings. The van der Waals surface area contributed by atoms with Gasteiger partial charge in [-0.2, -0.15) is 0 Å². The number of rotatable bonds is 5. The Bertz CT molecular complexity index is 2570. The molecular weight excluding hydrogens is 641 g/mol. The van der Waals surface area contributed by atoms with Gasteiger partial charge < -0.3 is 4.74 Å². The molecular formula is C46H30N4O2. The second-order valence-corrected chi connectivity index (χ2v) is 12.6. The van der Waals surface area contributed by atoms with Gasteiger partial charge in [0.05, 0.1) is 45.6 Å². The van der Waals surface area contributed by atoms with Crippen molar-refractivity contribution in [2.75, 3.05) is 0 Å². The highest BCUT2D eigenvalue weighted by atomic mass is 16.5. The zero-order chi connectivity index (χ0) is 35.0. The molecule has 9 rings (SSSR count). The molecule has 0 amide bonds. The Balaban J connectivity index is 1.34. The van der Waals surface area contributed by atoms with Crippen molar-refractivity contribution in [1.82, 2.24) is 0 Å². The third-order valence-electron chi connectivity index (χ3n) is 9.14. The number of fused-ring (bicyclic) bond motifs is 4. The molecule has 0 aliphatic carbocycles. The number of hydrogen-bond donors (Lipinski definition) is 0. The molecule has 246 valence electrons. The molecule has 0 unspecified atom stereocenters. The Morgan fingerprint density at radius 2 is 1.02 bits per heavy atom. The van der Waals surface area contributed by atoms with Crippen molar-refractivity contribution in [2.24, 2.45) is 20.0 Å². The minimum Gasteiger partial charge on any atom is -0.427 e. The van der Waals surface area contributed by atoms with Crippen LogP contribution < -0.4 is 4.74 Å². The summed E-state index contributed by atoms with van der Waals surface area (Å²) < 4.78 is 5.50. The minimum absolute atomic E-state index is 0.379. The Kier molecular flexibility index (Phi) is 7.75. The van der Waals surface area contributed by atoms with Gasteiger partial charge in [0.15, 0.2) is 0 Å². The Hall–Kier alpha value is -7.05. The molecule has 0 saturated heterocycles. The van der Waals surface area contributed by atoms with E-state index in [-0.39, 0.29) is 5.97 Å². The van der Waals surface area contributed by atoms with Crippen molar-refractivity contribution in [3.05, 3.63) is 209 Å². The van der Waals surface area contributed by atoms with Crippen LogP contribution in [0.4, 0.5) is 0 Å². The summed E-state index contributed by atoms with van der Waals surface area (Å²) in [7, 11) is 0. The summed E-state index contributed by atoms with van der Waals surface area (Å²) in [5.41, 5.74) is 13.8. The number of hydrogen-bond acceptors (Lipinski definition) is 6. The number of benzene rings is 4. The minimum atomic E-state index is -0.379. The smallest absolute Gasteiger partial charge is 0.308 e. The average Bonchev–Trinajstić information content (AvgIpc) is 4.00. The molecule has 0 radical (unpaired) electrons. The third-order valence-corrected chi connectivity index (χ3v) is 9.14. The molecule has 5 aliphatic rings. The van der Waals surface area contributed by atoms with E-state index >= 15 is 0 Å². The fourth-order valence-corrected chi connectivity index (χ4v) is 6.92. The molecule has 6 nitrogen and oxygen atoms in total. The maximum absolute atomic E-state index is 11.9. The van der Waals surface area contributed by atoms with Crippen LogP contribution in [0.5, 0.6) is 5.75 Å². The maximum atomic E-state index is 11.9. The van der Waals surface area contributed by atoms with E-state index in [9.17, 15) is 4.79 Å². The van der Waals surface area contributed by atoms with E-state index in [0.29, 0.717) is 5.75 Å². The van der Waals surface area contributed by atoms with Gasteiger partial charge in [-0.3, -0.25) is 4.79 Å². The van der Waals surface area contributed by atoms with E-state index in [1.165, 1.54) is 6.92 Å². The van der Waals surface area contributed by atoms with Crippen LogP contribution in [0, 0.1) is 0 Å². The van der Waals surface area contributed by atoms with Crippen LogP contribution in [0.3, 0.4) is 0 Å². The summed E-state index contributed by atoms with van der Waals surface area (Å²) in [4.78, 5) is 33.0. The number of aliphatic imine (C=N–C) groups is 4. The van der Waals surface area contributed by atoms with Crippen LogP contribution >= 0.6 is 0 Å². The van der Waals surface area contributed by atoms with Crippen molar-refractivity contribution in [2.45, 2.75) is 6.92 Å². The molecule has 0 aromatic heterocycles. The molecule has 5 aliphatic heterocycles. The average molecular weight is 671 g/mol. The largest absolute Gasteiger partial charge is 0.427 e. The van der Waals surface area contributed by atoms with Crippen molar-refractivity contribution < 1.29 is 9.53 Å². The van der Waals surface area contributed by atoms with E-state index in [1.807, 2.05) is 91.0 Å². The van der Waals surface area contributed by atoms with Gasteiger partial charge >= 0.3 is 5.97 Å². The number of nitrogens with zero attached hydrogens (tertiary/aromatic N) is 4. The van der Waals surface area contributed by atoms with Crippen molar-refractivity contribution in [1.29, 1.82) is 0 Å². The van der Waals surface area contributed by atoms with Crippen LogP contribution in [0.15, 0.2) is 207 Å². The van der Waals surface area contributed by atoms with Crippen LogP contribution in [-0.2, 0) is 4.79 Å². The lowest BCUT2D eigenvalue weighted by atomic mass is 9.91. The van der Waals surface area contributed by atoms with Crippen LogP contribution in [0.1, 0.15) is 29.2 Å². The summed E-state index contributed by atoms with van der Waals surface area (Å²) in [6.45, 7) is 1.40. The molecule has 0 N–H and O–H groups in total. The molecule has 52 heavy (non-hydrogen) atoms. The van der Waals surface area contributed by atoms with E-state index in [2.05, 4.69) is 66.8 Å². The van der Waals surface area contributed by atoms with E-state index in [1.54, 1.807) is 6.07 Å². The summed E-state index contributed by atoms with van der Waals surface area (Å²) >= 11 is 0. The lowest BCUT2D eigenvalue weighted by Gasteiger charge is -2.15. The zero-order valence-electron chi connectivity index (χ0n) is 28.2. The normalized spacial score (nSPS) is 17.2.